The molecule has 0 radical (unpaired) electrons. The second kappa shape index (κ2) is 15.8. The van der Waals surface area contributed by atoms with Crippen molar-refractivity contribution in [3.63, 3.8) is 0 Å². The topological polar surface area (TPSA) is 0 Å². The van der Waals surface area contributed by atoms with Crippen molar-refractivity contribution in [3.05, 3.63) is 12.2 Å². The van der Waals surface area contributed by atoms with Crippen LogP contribution in [0.1, 0.15) is 104 Å². The highest BCUT2D eigenvalue weighted by molar-refractivity contribution is 4.79. The fourth-order valence-corrected chi connectivity index (χ4v) is 2.75. The largest absolute Gasteiger partial charge is 0.0888 e. The maximum Gasteiger partial charge on any atom is -0.0351 e. The molecule has 0 heteroatoms. The second-order valence-electron chi connectivity index (χ2n) is 5.99. The van der Waals surface area contributed by atoms with E-state index in [1.54, 1.807) is 0 Å². The van der Waals surface area contributed by atoms with Crippen molar-refractivity contribution in [1.29, 1.82) is 0 Å². The van der Waals surface area contributed by atoms with E-state index in [1.807, 2.05) is 0 Å². The Bertz CT molecular complexity index is 180. The third-order valence-corrected chi connectivity index (χ3v) is 4.18. The van der Waals surface area contributed by atoms with Gasteiger partial charge in [0.2, 0.25) is 0 Å². The third kappa shape index (κ3) is 14.0. The number of hydrogen-bond donors (Lipinski definition) is 0. The molecule has 0 bridgehead atoms. The van der Waals surface area contributed by atoms with Gasteiger partial charge < -0.3 is 0 Å². The Labute approximate surface area is 123 Å². The summed E-state index contributed by atoms with van der Waals surface area (Å²) < 4.78 is 0. The molecule has 0 aromatic rings. The average Bonchev–Trinajstić information content (AvgIpc) is 2.44. The van der Waals surface area contributed by atoms with Gasteiger partial charge in [0.15, 0.2) is 0 Å². The Morgan fingerprint density at radius 1 is 0.684 bits per heavy atom. The van der Waals surface area contributed by atoms with Crippen molar-refractivity contribution >= 4 is 0 Å². The lowest BCUT2D eigenvalue weighted by Gasteiger charge is -2.14. The number of hydrogen-bond acceptors (Lipinski definition) is 0. The first-order valence-electron chi connectivity index (χ1n) is 9.00. The van der Waals surface area contributed by atoms with E-state index in [2.05, 4.69) is 32.9 Å². The molecule has 0 aliphatic heterocycles. The van der Waals surface area contributed by atoms with Gasteiger partial charge in [-0.3, -0.25) is 0 Å². The first-order chi connectivity index (χ1) is 9.35. The fourth-order valence-electron chi connectivity index (χ4n) is 2.75. The summed E-state index contributed by atoms with van der Waals surface area (Å²) in [5, 5.41) is 0. The number of unbranched alkanes of at least 4 members (excludes halogenated alkanes) is 7. The van der Waals surface area contributed by atoms with Gasteiger partial charge in [0, 0.05) is 0 Å². The summed E-state index contributed by atoms with van der Waals surface area (Å²) in [6.07, 6.45) is 23.0. The molecule has 0 aromatic heterocycles. The van der Waals surface area contributed by atoms with Crippen LogP contribution in [0.2, 0.25) is 0 Å². The minimum Gasteiger partial charge on any atom is -0.0888 e. The van der Waals surface area contributed by atoms with Crippen LogP contribution >= 0.6 is 0 Å². The lowest BCUT2D eigenvalue weighted by molar-refractivity contribution is 0.397. The molecule has 0 aliphatic rings. The van der Waals surface area contributed by atoms with E-state index < -0.39 is 0 Å². The normalized spacial score (nSPS) is 13.2. The average molecular weight is 267 g/mol. The van der Waals surface area contributed by atoms with Gasteiger partial charge >= 0.3 is 0 Å². The molecule has 0 saturated heterocycles. The van der Waals surface area contributed by atoms with E-state index in [1.165, 1.54) is 83.5 Å². The molecular formula is C19H38. The van der Waals surface area contributed by atoms with Crippen LogP contribution in [0.25, 0.3) is 0 Å². The maximum absolute atomic E-state index is 2.37. The zero-order chi connectivity index (χ0) is 14.2. The molecule has 19 heavy (non-hydrogen) atoms. The first-order valence-corrected chi connectivity index (χ1v) is 9.00. The van der Waals surface area contributed by atoms with E-state index in [-0.39, 0.29) is 0 Å². The van der Waals surface area contributed by atoms with Crippen LogP contribution in [0.15, 0.2) is 12.2 Å². The van der Waals surface area contributed by atoms with Gasteiger partial charge in [0.1, 0.15) is 0 Å². The minimum absolute atomic E-state index is 1.00. The molecular weight excluding hydrogens is 228 g/mol. The van der Waals surface area contributed by atoms with E-state index in [0.29, 0.717) is 0 Å². The third-order valence-electron chi connectivity index (χ3n) is 4.18. The zero-order valence-corrected chi connectivity index (χ0v) is 13.9. The van der Waals surface area contributed by atoms with E-state index in [9.17, 15) is 0 Å². The van der Waals surface area contributed by atoms with E-state index >= 15 is 0 Å². The molecule has 114 valence electrons. The molecule has 0 aliphatic carbocycles. The predicted octanol–water partition coefficient (Wildman–Crippen LogP) is 7.29. The van der Waals surface area contributed by atoms with Gasteiger partial charge in [0.05, 0.1) is 0 Å². The predicted molar refractivity (Wildman–Crippen MR) is 89.7 cm³/mol. The Balaban J connectivity index is 3.37. The summed E-state index contributed by atoms with van der Waals surface area (Å²) in [6.45, 7) is 6.88. The lowest BCUT2D eigenvalue weighted by Crippen LogP contribution is -1.99. The highest BCUT2D eigenvalue weighted by Crippen LogP contribution is 2.21. The molecule has 0 spiro atoms. The van der Waals surface area contributed by atoms with Crippen LogP contribution in [0.3, 0.4) is 0 Å². The van der Waals surface area contributed by atoms with Crippen molar-refractivity contribution in [3.8, 4) is 0 Å². The lowest BCUT2D eigenvalue weighted by atomic mass is 9.92. The summed E-state index contributed by atoms with van der Waals surface area (Å²) in [4.78, 5) is 0. The van der Waals surface area contributed by atoms with E-state index in [4.69, 9.17) is 0 Å². The summed E-state index contributed by atoms with van der Waals surface area (Å²) in [5.74, 6) is 1.00. The first kappa shape index (κ1) is 18.7. The van der Waals surface area contributed by atoms with Crippen molar-refractivity contribution in [2.24, 2.45) is 5.92 Å². The van der Waals surface area contributed by atoms with Crippen LogP contribution in [-0.4, -0.2) is 0 Å². The highest BCUT2D eigenvalue weighted by Gasteiger charge is 2.05. The van der Waals surface area contributed by atoms with Gasteiger partial charge in [-0.15, -0.1) is 0 Å². The maximum atomic E-state index is 2.37. The van der Waals surface area contributed by atoms with Crippen molar-refractivity contribution in [1.82, 2.24) is 0 Å². The van der Waals surface area contributed by atoms with Crippen LogP contribution in [0.4, 0.5) is 0 Å². The van der Waals surface area contributed by atoms with Gasteiger partial charge in [-0.05, 0) is 25.2 Å². The molecule has 0 amide bonds. The number of rotatable bonds is 14. The second-order valence-corrected chi connectivity index (χ2v) is 5.99. The molecule has 1 atom stereocenters. The summed E-state index contributed by atoms with van der Waals surface area (Å²) in [7, 11) is 0. The molecule has 0 saturated carbocycles. The Morgan fingerprint density at radius 2 is 1.32 bits per heavy atom. The molecule has 1 unspecified atom stereocenters. The van der Waals surface area contributed by atoms with Gasteiger partial charge in [-0.25, -0.2) is 0 Å². The van der Waals surface area contributed by atoms with Crippen molar-refractivity contribution in [2.45, 2.75) is 104 Å². The highest BCUT2D eigenvalue weighted by atomic mass is 14.1. The van der Waals surface area contributed by atoms with Crippen molar-refractivity contribution in [2.75, 3.05) is 0 Å². The standard InChI is InChI=1S/C19H38/c1-4-7-9-11-13-15-17-19(6-3)18-16-14-12-10-8-5-2/h7,9,19H,4-6,8,10-18H2,1-3H3. The summed E-state index contributed by atoms with van der Waals surface area (Å²) in [6, 6.07) is 0. The smallest absolute Gasteiger partial charge is 0.0351 e. The molecule has 0 fully saturated rings. The molecule has 0 heterocycles. The van der Waals surface area contributed by atoms with Gasteiger partial charge in [-0.1, -0.05) is 97.1 Å². The minimum atomic E-state index is 1.00. The van der Waals surface area contributed by atoms with Crippen molar-refractivity contribution < 1.29 is 0 Å². The molecule has 0 nitrogen and oxygen atoms in total. The Kier molecular flexibility index (Phi) is 15.6. The SMILES string of the molecule is CCC=CCCCCC(CC)CCCCCCCC. The van der Waals surface area contributed by atoms with Crippen LogP contribution in [0.5, 0.6) is 0 Å². The molecule has 0 aromatic carbocycles. The fraction of sp³-hybridized carbons (Fsp3) is 0.895. The summed E-state index contributed by atoms with van der Waals surface area (Å²) in [5.41, 5.74) is 0. The zero-order valence-electron chi connectivity index (χ0n) is 13.9. The van der Waals surface area contributed by atoms with E-state index in [0.717, 1.165) is 5.92 Å². The monoisotopic (exact) mass is 266 g/mol. The molecule has 0 rings (SSSR count). The molecule has 0 N–H and O–H groups in total. The van der Waals surface area contributed by atoms with Gasteiger partial charge in [0.25, 0.3) is 0 Å². The quantitative estimate of drug-likeness (QED) is 0.229. The van der Waals surface area contributed by atoms with Gasteiger partial charge in [-0.2, -0.15) is 0 Å². The van der Waals surface area contributed by atoms with Crippen LogP contribution < -0.4 is 0 Å². The van der Waals surface area contributed by atoms with Crippen LogP contribution in [-0.2, 0) is 0 Å². The number of allylic oxidation sites excluding steroid dienone is 2. The summed E-state index contributed by atoms with van der Waals surface area (Å²) >= 11 is 0. The van der Waals surface area contributed by atoms with Crippen LogP contribution in [0, 0.1) is 5.92 Å². The Hall–Kier alpha value is -0.260. The Morgan fingerprint density at radius 3 is 1.95 bits per heavy atom.